The predicted molar refractivity (Wildman–Crippen MR) is 107 cm³/mol. The topological polar surface area (TPSA) is 23.6 Å². The highest BCUT2D eigenvalue weighted by atomic mass is 35.5. The molecule has 3 nitrogen and oxygen atoms in total. The van der Waals surface area contributed by atoms with Crippen LogP contribution in [0.4, 0.5) is 0 Å². The van der Waals surface area contributed by atoms with Crippen molar-refractivity contribution >= 4 is 29.1 Å². The summed E-state index contributed by atoms with van der Waals surface area (Å²) < 4.78 is 0. The molecule has 142 valence electrons. The minimum absolute atomic E-state index is 0.254. The van der Waals surface area contributed by atoms with Gasteiger partial charge >= 0.3 is 0 Å². The molecule has 0 spiro atoms. The normalized spacial score (nSPS) is 29.6. The first kappa shape index (κ1) is 18.6. The van der Waals surface area contributed by atoms with Gasteiger partial charge in [0.1, 0.15) is 0 Å². The predicted octanol–water partition coefficient (Wildman–Crippen LogP) is 4.79. The Morgan fingerprint density at radius 1 is 0.962 bits per heavy atom. The smallest absolute Gasteiger partial charge is 0.227 e. The molecule has 3 atom stereocenters. The van der Waals surface area contributed by atoms with E-state index < -0.39 is 0 Å². The molecule has 2 heterocycles. The minimum Gasteiger partial charge on any atom is -0.338 e. The zero-order chi connectivity index (χ0) is 18.1. The van der Waals surface area contributed by atoms with Crippen molar-refractivity contribution < 1.29 is 4.79 Å². The van der Waals surface area contributed by atoms with Crippen LogP contribution in [0.15, 0.2) is 18.2 Å². The van der Waals surface area contributed by atoms with Gasteiger partial charge in [-0.2, -0.15) is 0 Å². The molecule has 1 aromatic carbocycles. The van der Waals surface area contributed by atoms with E-state index in [1.807, 2.05) is 12.1 Å². The van der Waals surface area contributed by atoms with Gasteiger partial charge < -0.3 is 4.90 Å². The molecular formula is C21H28Cl2N2O. The van der Waals surface area contributed by atoms with Crippen LogP contribution in [0.25, 0.3) is 0 Å². The first-order valence-corrected chi connectivity index (χ1v) is 10.9. The molecule has 0 radical (unpaired) electrons. The standard InChI is InChI=1S/C21H28Cl2N2O/c22-17-9-8-15(13-18(17)23)14-20(26)25-12-4-6-16-5-3-7-19(21(16)25)24-10-1-2-11-24/h8-9,13,16,19,21H,1-7,10-12,14H2. The lowest BCUT2D eigenvalue weighted by molar-refractivity contribution is -0.139. The highest BCUT2D eigenvalue weighted by Crippen LogP contribution is 2.39. The number of likely N-dealkylation sites (tertiary alicyclic amines) is 2. The van der Waals surface area contributed by atoms with Crippen LogP contribution in [0.1, 0.15) is 50.5 Å². The average Bonchev–Trinajstić information content (AvgIpc) is 3.18. The number of halogens is 2. The second kappa shape index (κ2) is 8.08. The molecule has 3 fully saturated rings. The van der Waals surface area contributed by atoms with Gasteiger partial charge in [-0.05, 0) is 75.2 Å². The molecule has 1 aromatic rings. The second-order valence-electron chi connectivity index (χ2n) is 8.15. The molecule has 26 heavy (non-hydrogen) atoms. The van der Waals surface area contributed by atoms with Crippen molar-refractivity contribution in [2.45, 2.75) is 63.5 Å². The van der Waals surface area contributed by atoms with Crippen LogP contribution >= 0.6 is 23.2 Å². The summed E-state index contributed by atoms with van der Waals surface area (Å²) in [6.45, 7) is 3.33. The van der Waals surface area contributed by atoms with E-state index in [4.69, 9.17) is 23.2 Å². The number of hydrogen-bond donors (Lipinski definition) is 0. The van der Waals surface area contributed by atoms with E-state index >= 15 is 0 Å². The molecule has 0 bridgehead atoms. The van der Waals surface area contributed by atoms with Gasteiger partial charge in [0, 0.05) is 12.6 Å². The number of rotatable bonds is 3. The fraction of sp³-hybridized carbons (Fsp3) is 0.667. The molecule has 1 aliphatic carbocycles. The van der Waals surface area contributed by atoms with Crippen LogP contribution in [0.3, 0.4) is 0 Å². The number of nitrogens with zero attached hydrogens (tertiary/aromatic N) is 2. The van der Waals surface area contributed by atoms with Crippen LogP contribution in [-0.4, -0.2) is 47.4 Å². The third-order valence-electron chi connectivity index (χ3n) is 6.56. The summed E-state index contributed by atoms with van der Waals surface area (Å²) in [4.78, 5) is 18.1. The Bertz CT molecular complexity index is 657. The zero-order valence-corrected chi connectivity index (χ0v) is 16.8. The van der Waals surface area contributed by atoms with Gasteiger partial charge in [0.05, 0.1) is 22.5 Å². The first-order chi connectivity index (χ1) is 12.6. The quantitative estimate of drug-likeness (QED) is 0.735. The van der Waals surface area contributed by atoms with Crippen LogP contribution in [-0.2, 0) is 11.2 Å². The Hall–Kier alpha value is -0.770. The molecule has 2 aliphatic heterocycles. The Labute approximate surface area is 166 Å². The van der Waals surface area contributed by atoms with E-state index in [1.165, 1.54) is 51.6 Å². The summed E-state index contributed by atoms with van der Waals surface area (Å²) >= 11 is 12.2. The summed E-state index contributed by atoms with van der Waals surface area (Å²) in [7, 11) is 0. The highest BCUT2D eigenvalue weighted by molar-refractivity contribution is 6.42. The maximum atomic E-state index is 13.2. The van der Waals surface area contributed by atoms with Gasteiger partial charge in [-0.25, -0.2) is 0 Å². The summed E-state index contributed by atoms with van der Waals surface area (Å²) in [5, 5.41) is 1.07. The number of carbonyl (C=O) groups is 1. The second-order valence-corrected chi connectivity index (χ2v) is 8.96. The Balaban J connectivity index is 1.52. The van der Waals surface area contributed by atoms with Crippen molar-refractivity contribution in [3.05, 3.63) is 33.8 Å². The van der Waals surface area contributed by atoms with Crippen molar-refractivity contribution in [2.75, 3.05) is 19.6 Å². The molecule has 5 heteroatoms. The molecule has 4 rings (SSSR count). The van der Waals surface area contributed by atoms with Gasteiger partial charge in [-0.1, -0.05) is 35.7 Å². The molecule has 3 aliphatic rings. The first-order valence-electron chi connectivity index (χ1n) is 10.1. The third kappa shape index (κ3) is 3.76. The maximum absolute atomic E-state index is 13.2. The van der Waals surface area contributed by atoms with Crippen LogP contribution < -0.4 is 0 Å². The molecule has 3 unspecified atom stereocenters. The third-order valence-corrected chi connectivity index (χ3v) is 7.29. The van der Waals surface area contributed by atoms with E-state index in [-0.39, 0.29) is 5.91 Å². The largest absolute Gasteiger partial charge is 0.338 e. The van der Waals surface area contributed by atoms with E-state index in [0.29, 0.717) is 34.5 Å². The van der Waals surface area contributed by atoms with Gasteiger partial charge in [0.15, 0.2) is 0 Å². The fourth-order valence-electron chi connectivity index (χ4n) is 5.38. The Kier molecular flexibility index (Phi) is 5.78. The number of carbonyl (C=O) groups excluding carboxylic acids is 1. The Morgan fingerprint density at radius 3 is 2.50 bits per heavy atom. The summed E-state index contributed by atoms with van der Waals surface area (Å²) in [5.41, 5.74) is 0.958. The lowest BCUT2D eigenvalue weighted by atomic mass is 9.74. The summed E-state index contributed by atoms with van der Waals surface area (Å²) in [6.07, 6.45) is 9.32. The number of fused-ring (bicyclic) bond motifs is 1. The minimum atomic E-state index is 0.254. The zero-order valence-electron chi connectivity index (χ0n) is 15.3. The molecule has 0 N–H and O–H groups in total. The average molecular weight is 395 g/mol. The number of amides is 1. The highest BCUT2D eigenvalue weighted by Gasteiger charge is 2.43. The number of piperidine rings is 1. The molecule has 1 saturated carbocycles. The molecule has 2 saturated heterocycles. The lowest BCUT2D eigenvalue weighted by Gasteiger charge is -2.51. The fourth-order valence-corrected chi connectivity index (χ4v) is 5.70. The maximum Gasteiger partial charge on any atom is 0.227 e. The van der Waals surface area contributed by atoms with E-state index in [2.05, 4.69) is 9.80 Å². The van der Waals surface area contributed by atoms with Crippen LogP contribution in [0, 0.1) is 5.92 Å². The SMILES string of the molecule is O=C(Cc1ccc(Cl)c(Cl)c1)N1CCCC2CCCC(N3CCCC3)C21. The van der Waals surface area contributed by atoms with Crippen molar-refractivity contribution in [3.63, 3.8) is 0 Å². The van der Waals surface area contributed by atoms with E-state index in [0.717, 1.165) is 18.5 Å². The molecule has 1 amide bonds. The monoisotopic (exact) mass is 394 g/mol. The van der Waals surface area contributed by atoms with Gasteiger partial charge in [-0.15, -0.1) is 0 Å². The molecular weight excluding hydrogens is 367 g/mol. The lowest BCUT2D eigenvalue weighted by Crippen LogP contribution is -2.60. The number of benzene rings is 1. The van der Waals surface area contributed by atoms with Crippen LogP contribution in [0.2, 0.25) is 10.0 Å². The van der Waals surface area contributed by atoms with Crippen molar-refractivity contribution in [3.8, 4) is 0 Å². The van der Waals surface area contributed by atoms with Gasteiger partial charge in [0.25, 0.3) is 0 Å². The number of hydrogen-bond acceptors (Lipinski definition) is 2. The van der Waals surface area contributed by atoms with Gasteiger partial charge in [0.2, 0.25) is 5.91 Å². The Morgan fingerprint density at radius 2 is 1.73 bits per heavy atom. The summed E-state index contributed by atoms with van der Waals surface area (Å²) in [6, 6.07) is 6.52. The van der Waals surface area contributed by atoms with Crippen LogP contribution in [0.5, 0.6) is 0 Å². The van der Waals surface area contributed by atoms with Gasteiger partial charge in [-0.3, -0.25) is 9.69 Å². The van der Waals surface area contributed by atoms with E-state index in [9.17, 15) is 4.79 Å². The van der Waals surface area contributed by atoms with Crippen molar-refractivity contribution in [2.24, 2.45) is 5.92 Å². The summed E-state index contributed by atoms with van der Waals surface area (Å²) in [5.74, 6) is 0.935. The van der Waals surface area contributed by atoms with E-state index in [1.54, 1.807) is 6.07 Å². The van der Waals surface area contributed by atoms with Crippen molar-refractivity contribution in [1.82, 2.24) is 9.80 Å². The molecule has 0 aromatic heterocycles. The van der Waals surface area contributed by atoms with Crippen molar-refractivity contribution in [1.29, 1.82) is 0 Å².